The van der Waals surface area contributed by atoms with Crippen LogP contribution in [0.15, 0.2) is 54.0 Å². The first-order valence-corrected chi connectivity index (χ1v) is 7.74. The largest absolute Gasteiger partial charge is 0.456 e. The SMILES string of the molecule is CC1=C(N)Nc2cc(CNCc3cccc(C(F)(F)F)c3)ccc2O1.Cl.Cl. The van der Waals surface area contributed by atoms with E-state index in [1.54, 1.807) is 13.0 Å². The van der Waals surface area contributed by atoms with Gasteiger partial charge in [0.15, 0.2) is 5.75 Å². The third-order valence-electron chi connectivity index (χ3n) is 3.87. The van der Waals surface area contributed by atoms with Gasteiger partial charge in [0.25, 0.3) is 0 Å². The molecule has 1 heterocycles. The first-order chi connectivity index (χ1) is 11.8. The molecule has 4 nitrogen and oxygen atoms in total. The molecule has 4 N–H and O–H groups in total. The smallest absolute Gasteiger partial charge is 0.416 e. The van der Waals surface area contributed by atoms with Gasteiger partial charge in [0, 0.05) is 13.1 Å². The molecule has 0 saturated carbocycles. The minimum absolute atomic E-state index is 0. The Morgan fingerprint density at radius 2 is 1.70 bits per heavy atom. The summed E-state index contributed by atoms with van der Waals surface area (Å²) >= 11 is 0. The Hall–Kier alpha value is -2.09. The molecule has 0 fully saturated rings. The average Bonchev–Trinajstić information content (AvgIpc) is 2.56. The van der Waals surface area contributed by atoms with Crippen LogP contribution in [0.4, 0.5) is 18.9 Å². The molecule has 0 aromatic heterocycles. The number of halogens is 5. The second-order valence-corrected chi connectivity index (χ2v) is 5.83. The molecular formula is C18H20Cl2F3N3O. The van der Waals surface area contributed by atoms with Crippen LogP contribution in [0.5, 0.6) is 5.75 Å². The molecule has 0 spiro atoms. The van der Waals surface area contributed by atoms with E-state index in [-0.39, 0.29) is 24.8 Å². The highest BCUT2D eigenvalue weighted by molar-refractivity contribution is 5.85. The number of allylic oxidation sites excluding steroid dienone is 1. The Morgan fingerprint density at radius 3 is 2.37 bits per heavy atom. The van der Waals surface area contributed by atoms with E-state index >= 15 is 0 Å². The van der Waals surface area contributed by atoms with Crippen molar-refractivity contribution in [1.82, 2.24) is 5.32 Å². The molecule has 27 heavy (non-hydrogen) atoms. The Balaban J connectivity index is 0.00000182. The van der Waals surface area contributed by atoms with Gasteiger partial charge in [0.1, 0.15) is 11.6 Å². The molecular weight excluding hydrogens is 402 g/mol. The molecule has 2 aromatic carbocycles. The van der Waals surface area contributed by atoms with Crippen molar-refractivity contribution in [3.8, 4) is 5.75 Å². The van der Waals surface area contributed by atoms with Crippen molar-refractivity contribution >= 4 is 30.5 Å². The highest BCUT2D eigenvalue weighted by atomic mass is 35.5. The van der Waals surface area contributed by atoms with E-state index < -0.39 is 11.7 Å². The van der Waals surface area contributed by atoms with Gasteiger partial charge in [-0.15, -0.1) is 24.8 Å². The lowest BCUT2D eigenvalue weighted by Crippen LogP contribution is -2.19. The van der Waals surface area contributed by atoms with Crippen LogP contribution in [-0.2, 0) is 19.3 Å². The van der Waals surface area contributed by atoms with Gasteiger partial charge in [0.2, 0.25) is 0 Å². The number of fused-ring (bicyclic) bond motifs is 1. The van der Waals surface area contributed by atoms with Gasteiger partial charge in [-0.05, 0) is 36.2 Å². The summed E-state index contributed by atoms with van der Waals surface area (Å²) < 4.78 is 43.7. The average molecular weight is 422 g/mol. The normalized spacial score (nSPS) is 12.9. The Labute approximate surface area is 167 Å². The van der Waals surface area contributed by atoms with Gasteiger partial charge in [-0.25, -0.2) is 0 Å². The van der Waals surface area contributed by atoms with Crippen LogP contribution < -0.4 is 21.1 Å². The maximum Gasteiger partial charge on any atom is 0.416 e. The Bertz CT molecular complexity index is 826. The van der Waals surface area contributed by atoms with Gasteiger partial charge in [-0.3, -0.25) is 0 Å². The summed E-state index contributed by atoms with van der Waals surface area (Å²) in [5, 5.41) is 6.21. The van der Waals surface area contributed by atoms with Gasteiger partial charge in [-0.1, -0.05) is 24.3 Å². The lowest BCUT2D eigenvalue weighted by molar-refractivity contribution is -0.137. The first kappa shape index (κ1) is 23.0. The predicted molar refractivity (Wildman–Crippen MR) is 104 cm³/mol. The number of ether oxygens (including phenoxy) is 1. The van der Waals surface area contributed by atoms with Crippen molar-refractivity contribution in [3.05, 3.63) is 70.7 Å². The second kappa shape index (κ2) is 9.21. The molecule has 1 aliphatic rings. The number of alkyl halides is 3. The molecule has 0 saturated heterocycles. The molecule has 0 bridgehead atoms. The van der Waals surface area contributed by atoms with Crippen molar-refractivity contribution in [2.45, 2.75) is 26.2 Å². The predicted octanol–water partition coefficient (Wildman–Crippen LogP) is 4.79. The van der Waals surface area contributed by atoms with Gasteiger partial charge in [0.05, 0.1) is 11.3 Å². The zero-order valence-electron chi connectivity index (χ0n) is 14.4. The fourth-order valence-corrected chi connectivity index (χ4v) is 2.54. The molecule has 148 valence electrons. The van der Waals surface area contributed by atoms with Crippen LogP contribution in [0.2, 0.25) is 0 Å². The zero-order valence-corrected chi connectivity index (χ0v) is 16.0. The van der Waals surface area contributed by atoms with Gasteiger partial charge < -0.3 is 21.1 Å². The van der Waals surface area contributed by atoms with Gasteiger partial charge >= 0.3 is 6.18 Å². The summed E-state index contributed by atoms with van der Waals surface area (Å²) in [6.07, 6.45) is -4.33. The maximum absolute atomic E-state index is 12.7. The second-order valence-electron chi connectivity index (χ2n) is 5.83. The van der Waals surface area contributed by atoms with E-state index in [0.717, 1.165) is 23.4 Å². The highest BCUT2D eigenvalue weighted by Crippen LogP contribution is 2.32. The standard InChI is InChI=1S/C18H18F3N3O.2ClH/c1-11-17(22)24-15-8-13(5-6-16(15)25-11)10-23-9-12-3-2-4-14(7-12)18(19,20)21;;/h2-8,23-24H,9-10,22H2,1H3;2*1H. The van der Waals surface area contributed by atoms with Crippen molar-refractivity contribution in [3.63, 3.8) is 0 Å². The van der Waals surface area contributed by atoms with Crippen molar-refractivity contribution in [1.29, 1.82) is 0 Å². The maximum atomic E-state index is 12.7. The molecule has 3 rings (SSSR count). The quantitative estimate of drug-likeness (QED) is 0.663. The van der Waals surface area contributed by atoms with Crippen molar-refractivity contribution in [2.75, 3.05) is 5.32 Å². The number of rotatable bonds is 4. The van der Waals surface area contributed by atoms with Crippen molar-refractivity contribution in [2.24, 2.45) is 5.73 Å². The molecule has 0 amide bonds. The fourth-order valence-electron chi connectivity index (χ4n) is 2.54. The number of nitrogens with one attached hydrogen (secondary N) is 2. The number of nitrogens with two attached hydrogens (primary N) is 1. The van der Waals surface area contributed by atoms with E-state index in [0.29, 0.717) is 36.0 Å². The summed E-state index contributed by atoms with van der Waals surface area (Å²) in [6.45, 7) is 2.62. The van der Waals surface area contributed by atoms with Crippen LogP contribution in [0.3, 0.4) is 0 Å². The van der Waals surface area contributed by atoms with Gasteiger partial charge in [-0.2, -0.15) is 13.2 Å². The molecule has 1 aliphatic heterocycles. The lowest BCUT2D eigenvalue weighted by Gasteiger charge is -2.21. The monoisotopic (exact) mass is 421 g/mol. The summed E-state index contributed by atoms with van der Waals surface area (Å²) in [5.74, 6) is 1.76. The zero-order chi connectivity index (χ0) is 18.0. The minimum Gasteiger partial charge on any atom is -0.456 e. The first-order valence-electron chi connectivity index (χ1n) is 7.74. The van der Waals surface area contributed by atoms with Crippen molar-refractivity contribution < 1.29 is 17.9 Å². The Kier molecular flexibility index (Phi) is 7.83. The van der Waals surface area contributed by atoms with E-state index in [4.69, 9.17) is 10.5 Å². The summed E-state index contributed by atoms with van der Waals surface area (Å²) in [4.78, 5) is 0. The molecule has 0 aliphatic carbocycles. The van der Waals surface area contributed by atoms with Crippen LogP contribution in [0.1, 0.15) is 23.6 Å². The van der Waals surface area contributed by atoms with E-state index in [1.807, 2.05) is 18.2 Å². The molecule has 2 aromatic rings. The van der Waals surface area contributed by atoms with Crippen LogP contribution in [0, 0.1) is 0 Å². The molecule has 0 unspecified atom stereocenters. The summed E-state index contributed by atoms with van der Waals surface area (Å²) in [5.41, 5.74) is 7.48. The number of anilines is 1. The number of benzene rings is 2. The number of hydrogen-bond acceptors (Lipinski definition) is 4. The van der Waals surface area contributed by atoms with E-state index in [2.05, 4.69) is 10.6 Å². The van der Waals surface area contributed by atoms with E-state index in [1.165, 1.54) is 6.07 Å². The molecule has 9 heteroatoms. The molecule has 0 radical (unpaired) electrons. The molecule has 0 atom stereocenters. The lowest BCUT2D eigenvalue weighted by atomic mass is 10.1. The summed E-state index contributed by atoms with van der Waals surface area (Å²) in [6, 6.07) is 10.9. The number of hydrogen-bond donors (Lipinski definition) is 3. The minimum atomic E-state index is -4.33. The third-order valence-corrected chi connectivity index (χ3v) is 3.87. The topological polar surface area (TPSA) is 59.3 Å². The van der Waals surface area contributed by atoms with Crippen LogP contribution in [-0.4, -0.2) is 0 Å². The fraction of sp³-hybridized carbons (Fsp3) is 0.222. The van der Waals surface area contributed by atoms with Crippen LogP contribution in [0.25, 0.3) is 0 Å². The van der Waals surface area contributed by atoms with E-state index in [9.17, 15) is 13.2 Å². The summed E-state index contributed by atoms with van der Waals surface area (Å²) in [7, 11) is 0. The highest BCUT2D eigenvalue weighted by Gasteiger charge is 2.30. The Morgan fingerprint density at radius 1 is 1.04 bits per heavy atom. The third kappa shape index (κ3) is 5.69. The van der Waals surface area contributed by atoms with Crippen LogP contribution >= 0.6 is 24.8 Å².